The molecule has 0 heterocycles. The van der Waals surface area contributed by atoms with Crippen molar-refractivity contribution in [2.24, 2.45) is 17.6 Å². The largest absolute Gasteiger partial charge is 0.349 e. The number of hydrogen-bond acceptors (Lipinski definition) is 2. The number of rotatable bonds is 5. The highest BCUT2D eigenvalue weighted by atomic mass is 35.5. The van der Waals surface area contributed by atoms with E-state index in [1.54, 1.807) is 0 Å². The molecule has 2 unspecified atom stereocenters. The van der Waals surface area contributed by atoms with Crippen LogP contribution in [0.25, 0.3) is 0 Å². The van der Waals surface area contributed by atoms with Gasteiger partial charge in [0.25, 0.3) is 0 Å². The summed E-state index contributed by atoms with van der Waals surface area (Å²) in [5.41, 5.74) is 6.57. The monoisotopic (exact) mass is 268 g/mol. The van der Waals surface area contributed by atoms with E-state index in [2.05, 4.69) is 19.2 Å². The summed E-state index contributed by atoms with van der Waals surface area (Å²) in [4.78, 5) is 11.9. The van der Waals surface area contributed by atoms with Crippen LogP contribution in [0.1, 0.15) is 32.4 Å². The molecule has 1 rings (SSSR count). The molecule has 0 aliphatic carbocycles. The minimum Gasteiger partial charge on any atom is -0.349 e. The van der Waals surface area contributed by atoms with Gasteiger partial charge in [-0.1, -0.05) is 44.5 Å². The highest BCUT2D eigenvalue weighted by Crippen LogP contribution is 2.23. The maximum atomic E-state index is 11.9. The second-order valence-electron chi connectivity index (χ2n) is 4.92. The van der Waals surface area contributed by atoms with Crippen molar-refractivity contribution in [2.75, 3.05) is 6.54 Å². The highest BCUT2D eigenvalue weighted by molar-refractivity contribution is 6.30. The van der Waals surface area contributed by atoms with Crippen molar-refractivity contribution >= 4 is 17.5 Å². The third kappa shape index (κ3) is 4.00. The number of hydrogen-bond donors (Lipinski definition) is 2. The molecule has 0 fully saturated rings. The van der Waals surface area contributed by atoms with Crippen LogP contribution in [-0.4, -0.2) is 12.5 Å². The summed E-state index contributed by atoms with van der Waals surface area (Å²) in [6, 6.07) is 7.56. The van der Waals surface area contributed by atoms with Crippen LogP contribution in [0.4, 0.5) is 0 Å². The minimum absolute atomic E-state index is 0.00819. The first-order valence-corrected chi connectivity index (χ1v) is 6.59. The third-order valence-corrected chi connectivity index (χ3v) is 3.25. The average Bonchev–Trinajstić information content (AvgIpc) is 2.35. The van der Waals surface area contributed by atoms with Crippen molar-refractivity contribution in [2.45, 2.75) is 26.8 Å². The first-order valence-electron chi connectivity index (χ1n) is 6.21. The van der Waals surface area contributed by atoms with Gasteiger partial charge in [0.15, 0.2) is 0 Å². The summed E-state index contributed by atoms with van der Waals surface area (Å²) >= 11 is 5.87. The van der Waals surface area contributed by atoms with Crippen LogP contribution >= 0.6 is 11.6 Å². The first-order chi connectivity index (χ1) is 8.45. The van der Waals surface area contributed by atoms with Gasteiger partial charge < -0.3 is 11.1 Å². The number of halogens is 1. The lowest BCUT2D eigenvalue weighted by Gasteiger charge is -2.24. The molecule has 0 saturated carbocycles. The number of carbonyl (C=O) groups is 1. The molecule has 0 bridgehead atoms. The number of amides is 1. The Morgan fingerprint density at radius 2 is 1.83 bits per heavy atom. The molecule has 0 spiro atoms. The van der Waals surface area contributed by atoms with Gasteiger partial charge in [0.05, 0.1) is 6.04 Å². The molecular weight excluding hydrogens is 248 g/mol. The van der Waals surface area contributed by atoms with E-state index in [0.29, 0.717) is 17.5 Å². The summed E-state index contributed by atoms with van der Waals surface area (Å²) in [6.07, 6.45) is 0. The van der Waals surface area contributed by atoms with Crippen molar-refractivity contribution in [3.8, 4) is 0 Å². The molecule has 4 heteroatoms. The van der Waals surface area contributed by atoms with E-state index < -0.39 is 0 Å². The van der Waals surface area contributed by atoms with Gasteiger partial charge in [-0.2, -0.15) is 0 Å². The standard InChI is InChI=1S/C14H21ClN2O/c1-9(2)13(17-14(18)10(3)8-16)11-4-6-12(15)7-5-11/h4-7,9-10,13H,8,16H2,1-3H3,(H,17,18). The van der Waals surface area contributed by atoms with Crippen LogP contribution in [0.5, 0.6) is 0 Å². The Labute approximate surface area is 114 Å². The van der Waals surface area contributed by atoms with Gasteiger partial charge >= 0.3 is 0 Å². The van der Waals surface area contributed by atoms with E-state index in [1.807, 2.05) is 31.2 Å². The lowest BCUT2D eigenvalue weighted by Crippen LogP contribution is -2.37. The topological polar surface area (TPSA) is 55.1 Å². The molecule has 1 amide bonds. The van der Waals surface area contributed by atoms with E-state index in [4.69, 9.17) is 17.3 Å². The van der Waals surface area contributed by atoms with Crippen LogP contribution in [0.2, 0.25) is 5.02 Å². The van der Waals surface area contributed by atoms with Crippen molar-refractivity contribution < 1.29 is 4.79 Å². The molecule has 0 radical (unpaired) electrons. The van der Waals surface area contributed by atoms with Crippen LogP contribution in [0, 0.1) is 11.8 Å². The van der Waals surface area contributed by atoms with Crippen molar-refractivity contribution in [1.29, 1.82) is 0 Å². The Hall–Kier alpha value is -1.06. The van der Waals surface area contributed by atoms with Crippen LogP contribution in [0.15, 0.2) is 24.3 Å². The fourth-order valence-electron chi connectivity index (χ4n) is 1.71. The van der Waals surface area contributed by atoms with Crippen LogP contribution in [-0.2, 0) is 4.79 Å². The smallest absolute Gasteiger partial charge is 0.224 e. The molecule has 0 aliphatic heterocycles. The molecular formula is C14H21ClN2O. The van der Waals surface area contributed by atoms with Gasteiger partial charge in [0.1, 0.15) is 0 Å². The fraction of sp³-hybridized carbons (Fsp3) is 0.500. The van der Waals surface area contributed by atoms with Crippen LogP contribution < -0.4 is 11.1 Å². The van der Waals surface area contributed by atoms with Gasteiger partial charge in [-0.15, -0.1) is 0 Å². The molecule has 1 aromatic rings. The highest BCUT2D eigenvalue weighted by Gasteiger charge is 2.20. The van der Waals surface area contributed by atoms with E-state index in [1.165, 1.54) is 0 Å². The lowest BCUT2D eigenvalue weighted by atomic mass is 9.95. The minimum atomic E-state index is -0.168. The zero-order chi connectivity index (χ0) is 13.7. The maximum Gasteiger partial charge on any atom is 0.224 e. The van der Waals surface area contributed by atoms with E-state index in [0.717, 1.165) is 5.56 Å². The Morgan fingerprint density at radius 1 is 1.28 bits per heavy atom. The number of nitrogens with one attached hydrogen (secondary N) is 1. The Bertz CT molecular complexity index is 389. The van der Waals surface area contributed by atoms with Gasteiger partial charge in [0, 0.05) is 17.5 Å². The molecule has 0 aliphatic rings. The predicted octanol–water partition coefficient (Wildman–Crippen LogP) is 2.75. The lowest BCUT2D eigenvalue weighted by molar-refractivity contribution is -0.125. The summed E-state index contributed by atoms with van der Waals surface area (Å²) in [5, 5.41) is 3.74. The number of nitrogens with two attached hydrogens (primary N) is 1. The van der Waals surface area contributed by atoms with Gasteiger partial charge in [0.2, 0.25) is 5.91 Å². The quantitative estimate of drug-likeness (QED) is 0.863. The number of benzene rings is 1. The van der Waals surface area contributed by atoms with Gasteiger partial charge in [-0.25, -0.2) is 0 Å². The Kier molecular flexibility index (Phi) is 5.63. The molecule has 18 heavy (non-hydrogen) atoms. The average molecular weight is 269 g/mol. The fourth-order valence-corrected chi connectivity index (χ4v) is 1.83. The van der Waals surface area contributed by atoms with E-state index in [9.17, 15) is 4.79 Å². The molecule has 0 aromatic heterocycles. The summed E-state index contributed by atoms with van der Waals surface area (Å²) in [6.45, 7) is 6.34. The van der Waals surface area contributed by atoms with Crippen LogP contribution in [0.3, 0.4) is 0 Å². The normalized spacial score (nSPS) is 14.3. The van der Waals surface area contributed by atoms with E-state index >= 15 is 0 Å². The maximum absolute atomic E-state index is 11.9. The van der Waals surface area contributed by atoms with Gasteiger partial charge in [-0.05, 0) is 23.6 Å². The summed E-state index contributed by atoms with van der Waals surface area (Å²) in [5.74, 6) is 0.129. The van der Waals surface area contributed by atoms with E-state index in [-0.39, 0.29) is 17.9 Å². The Balaban J connectivity index is 2.83. The first kappa shape index (κ1) is 15.0. The molecule has 3 N–H and O–H groups in total. The molecule has 2 atom stereocenters. The molecule has 0 saturated heterocycles. The van der Waals surface area contributed by atoms with Gasteiger partial charge in [-0.3, -0.25) is 4.79 Å². The summed E-state index contributed by atoms with van der Waals surface area (Å²) in [7, 11) is 0. The second-order valence-corrected chi connectivity index (χ2v) is 5.36. The van der Waals surface area contributed by atoms with Crippen molar-refractivity contribution in [1.82, 2.24) is 5.32 Å². The SMILES string of the molecule is CC(CN)C(=O)NC(c1ccc(Cl)cc1)C(C)C. The molecule has 100 valence electrons. The molecule has 3 nitrogen and oxygen atoms in total. The van der Waals surface area contributed by atoms with Crippen molar-refractivity contribution in [3.63, 3.8) is 0 Å². The summed E-state index contributed by atoms with van der Waals surface area (Å²) < 4.78 is 0. The Morgan fingerprint density at radius 3 is 2.28 bits per heavy atom. The number of carbonyl (C=O) groups excluding carboxylic acids is 1. The second kappa shape index (κ2) is 6.76. The third-order valence-electron chi connectivity index (χ3n) is 2.99. The zero-order valence-electron chi connectivity index (χ0n) is 11.1. The van der Waals surface area contributed by atoms with Crippen molar-refractivity contribution in [3.05, 3.63) is 34.9 Å². The predicted molar refractivity (Wildman–Crippen MR) is 75.4 cm³/mol. The molecule has 1 aromatic carbocycles. The zero-order valence-corrected chi connectivity index (χ0v) is 11.9.